The molecule has 0 aromatic heterocycles. The lowest BCUT2D eigenvalue weighted by Gasteiger charge is -2.23. The average Bonchev–Trinajstić information content (AvgIpc) is 2.30. The molecule has 1 fully saturated rings. The molecule has 3 nitrogen and oxygen atoms in total. The third kappa shape index (κ3) is 3.43. The molecular formula is C12H15ClFNO2S. The van der Waals surface area contributed by atoms with Gasteiger partial charge in [-0.05, 0) is 18.9 Å². The molecule has 0 bridgehead atoms. The summed E-state index contributed by atoms with van der Waals surface area (Å²) < 4.78 is 36.5. The predicted molar refractivity (Wildman–Crippen MR) is 69.9 cm³/mol. The molecule has 1 N–H and O–H groups in total. The highest BCUT2D eigenvalue weighted by Crippen LogP contribution is 2.18. The maximum Gasteiger partial charge on any atom is 0.151 e. The van der Waals surface area contributed by atoms with Crippen molar-refractivity contribution in [3.05, 3.63) is 34.6 Å². The first kappa shape index (κ1) is 13.8. The molecule has 100 valence electrons. The molecule has 1 aromatic rings. The largest absolute Gasteiger partial charge is 0.309 e. The molecule has 1 unspecified atom stereocenters. The SMILES string of the molecule is O=S1(=O)CCCC(NCc2cccc(Cl)c2F)C1. The minimum atomic E-state index is -2.94. The Kier molecular flexibility index (Phi) is 4.25. The molecule has 1 atom stereocenters. The second-order valence-electron chi connectivity index (χ2n) is 4.55. The predicted octanol–water partition coefficient (Wildman–Crippen LogP) is 2.15. The fourth-order valence-corrected chi connectivity index (χ4v) is 3.99. The number of rotatable bonds is 3. The van der Waals surface area contributed by atoms with Gasteiger partial charge in [0, 0.05) is 18.2 Å². The van der Waals surface area contributed by atoms with Crippen LogP contribution in [-0.2, 0) is 16.4 Å². The van der Waals surface area contributed by atoms with Gasteiger partial charge in [-0.15, -0.1) is 0 Å². The zero-order chi connectivity index (χ0) is 13.2. The molecule has 1 aliphatic heterocycles. The average molecular weight is 292 g/mol. The van der Waals surface area contributed by atoms with Crippen molar-refractivity contribution in [2.75, 3.05) is 11.5 Å². The van der Waals surface area contributed by atoms with Crippen LogP contribution in [0, 0.1) is 5.82 Å². The van der Waals surface area contributed by atoms with Crippen LogP contribution in [0.4, 0.5) is 4.39 Å². The van der Waals surface area contributed by atoms with Gasteiger partial charge in [0.2, 0.25) is 0 Å². The van der Waals surface area contributed by atoms with E-state index in [9.17, 15) is 12.8 Å². The van der Waals surface area contributed by atoms with Gasteiger partial charge >= 0.3 is 0 Å². The van der Waals surface area contributed by atoms with E-state index in [-0.39, 0.29) is 22.6 Å². The van der Waals surface area contributed by atoms with E-state index < -0.39 is 15.7 Å². The molecule has 6 heteroatoms. The molecule has 1 aliphatic rings. The van der Waals surface area contributed by atoms with E-state index in [4.69, 9.17) is 11.6 Å². The molecule has 0 aliphatic carbocycles. The Balaban J connectivity index is 1.97. The van der Waals surface area contributed by atoms with Gasteiger partial charge in [0.15, 0.2) is 9.84 Å². The molecule has 18 heavy (non-hydrogen) atoms. The minimum absolute atomic E-state index is 0.0885. The maximum absolute atomic E-state index is 13.6. The molecule has 1 aromatic carbocycles. The Bertz CT molecular complexity index is 533. The Hall–Kier alpha value is -0.650. The maximum atomic E-state index is 13.6. The number of halogens is 2. The summed E-state index contributed by atoms with van der Waals surface area (Å²) in [4.78, 5) is 0. The highest BCUT2D eigenvalue weighted by Gasteiger charge is 2.24. The number of nitrogens with one attached hydrogen (secondary N) is 1. The van der Waals surface area contributed by atoms with Crippen LogP contribution in [0.15, 0.2) is 18.2 Å². The van der Waals surface area contributed by atoms with Gasteiger partial charge in [-0.3, -0.25) is 0 Å². The van der Waals surface area contributed by atoms with Crippen LogP contribution in [-0.4, -0.2) is 26.0 Å². The van der Waals surface area contributed by atoms with Crippen molar-refractivity contribution in [2.45, 2.75) is 25.4 Å². The number of benzene rings is 1. The van der Waals surface area contributed by atoms with E-state index in [2.05, 4.69) is 5.32 Å². The molecule has 1 saturated heterocycles. The zero-order valence-corrected chi connectivity index (χ0v) is 11.4. The third-order valence-electron chi connectivity index (χ3n) is 3.08. The number of sulfone groups is 1. The van der Waals surface area contributed by atoms with Gasteiger partial charge in [-0.25, -0.2) is 12.8 Å². The lowest BCUT2D eigenvalue weighted by atomic mass is 10.1. The van der Waals surface area contributed by atoms with Crippen molar-refractivity contribution < 1.29 is 12.8 Å². The lowest BCUT2D eigenvalue weighted by Crippen LogP contribution is -2.39. The van der Waals surface area contributed by atoms with E-state index in [1.165, 1.54) is 6.07 Å². The van der Waals surface area contributed by atoms with Crippen molar-refractivity contribution >= 4 is 21.4 Å². The van der Waals surface area contributed by atoms with E-state index >= 15 is 0 Å². The Morgan fingerprint density at radius 1 is 1.44 bits per heavy atom. The minimum Gasteiger partial charge on any atom is -0.309 e. The van der Waals surface area contributed by atoms with Crippen LogP contribution in [0.5, 0.6) is 0 Å². The summed E-state index contributed by atoms with van der Waals surface area (Å²) >= 11 is 5.68. The van der Waals surface area contributed by atoms with Gasteiger partial charge in [0.05, 0.1) is 16.5 Å². The topological polar surface area (TPSA) is 46.2 Å². The normalized spacial score (nSPS) is 22.9. The van der Waals surface area contributed by atoms with E-state index in [0.29, 0.717) is 18.5 Å². The second-order valence-corrected chi connectivity index (χ2v) is 7.18. The van der Waals surface area contributed by atoms with Gasteiger partial charge < -0.3 is 5.32 Å². The van der Waals surface area contributed by atoms with Gasteiger partial charge in [0.1, 0.15) is 5.82 Å². The van der Waals surface area contributed by atoms with Gasteiger partial charge in [-0.2, -0.15) is 0 Å². The summed E-state index contributed by atoms with van der Waals surface area (Å²) in [6.07, 6.45) is 1.47. The molecule has 2 rings (SSSR count). The molecule has 0 amide bonds. The van der Waals surface area contributed by atoms with Crippen LogP contribution >= 0.6 is 11.6 Å². The Morgan fingerprint density at radius 3 is 2.94 bits per heavy atom. The van der Waals surface area contributed by atoms with E-state index in [0.717, 1.165) is 6.42 Å². The number of hydrogen-bond donors (Lipinski definition) is 1. The smallest absolute Gasteiger partial charge is 0.151 e. The van der Waals surface area contributed by atoms with E-state index in [1.807, 2.05) is 0 Å². The third-order valence-corrected chi connectivity index (χ3v) is 5.19. The summed E-state index contributed by atoms with van der Waals surface area (Å²) in [5.41, 5.74) is 0.463. The van der Waals surface area contributed by atoms with Gasteiger partial charge in [-0.1, -0.05) is 23.7 Å². The van der Waals surface area contributed by atoms with Crippen molar-refractivity contribution in [1.82, 2.24) is 5.32 Å². The monoisotopic (exact) mass is 291 g/mol. The van der Waals surface area contributed by atoms with Gasteiger partial charge in [0.25, 0.3) is 0 Å². The summed E-state index contributed by atoms with van der Waals surface area (Å²) in [6, 6.07) is 4.72. The quantitative estimate of drug-likeness (QED) is 0.928. The number of hydrogen-bond acceptors (Lipinski definition) is 3. The van der Waals surface area contributed by atoms with E-state index in [1.54, 1.807) is 12.1 Å². The first-order chi connectivity index (χ1) is 8.48. The van der Waals surface area contributed by atoms with Crippen LogP contribution in [0.25, 0.3) is 0 Å². The lowest BCUT2D eigenvalue weighted by molar-refractivity contribution is 0.473. The molecular weight excluding hydrogens is 277 g/mol. The fourth-order valence-electron chi connectivity index (χ4n) is 2.12. The summed E-state index contributed by atoms with van der Waals surface area (Å²) in [5, 5.41) is 3.17. The summed E-state index contributed by atoms with van der Waals surface area (Å²) in [6.45, 7) is 0.298. The summed E-state index contributed by atoms with van der Waals surface area (Å²) in [7, 11) is -2.94. The molecule has 0 spiro atoms. The highest BCUT2D eigenvalue weighted by atomic mass is 35.5. The van der Waals surface area contributed by atoms with Crippen molar-refractivity contribution in [2.24, 2.45) is 0 Å². The first-order valence-corrected chi connectivity index (χ1v) is 8.04. The van der Waals surface area contributed by atoms with Crippen LogP contribution in [0.1, 0.15) is 18.4 Å². The Labute approximate surface area is 111 Å². The van der Waals surface area contributed by atoms with Crippen molar-refractivity contribution in [3.8, 4) is 0 Å². The highest BCUT2D eigenvalue weighted by molar-refractivity contribution is 7.91. The molecule has 0 saturated carbocycles. The van der Waals surface area contributed by atoms with Crippen molar-refractivity contribution in [1.29, 1.82) is 0 Å². The van der Waals surface area contributed by atoms with Crippen LogP contribution in [0.2, 0.25) is 5.02 Å². The standard InChI is InChI=1S/C12H15ClFNO2S/c13-11-5-1-3-9(12(11)14)7-15-10-4-2-6-18(16,17)8-10/h1,3,5,10,15H,2,4,6-8H2. The fraction of sp³-hybridized carbons (Fsp3) is 0.500. The van der Waals surface area contributed by atoms with Crippen molar-refractivity contribution in [3.63, 3.8) is 0 Å². The van der Waals surface area contributed by atoms with Crippen LogP contribution < -0.4 is 5.32 Å². The first-order valence-electron chi connectivity index (χ1n) is 5.84. The summed E-state index contributed by atoms with van der Waals surface area (Å²) in [5.74, 6) is -0.0448. The zero-order valence-electron chi connectivity index (χ0n) is 9.83. The molecule has 1 heterocycles. The second kappa shape index (κ2) is 5.55. The molecule has 0 radical (unpaired) electrons. The van der Waals surface area contributed by atoms with Crippen LogP contribution in [0.3, 0.4) is 0 Å². The Morgan fingerprint density at radius 2 is 2.22 bits per heavy atom.